The van der Waals surface area contributed by atoms with E-state index in [-0.39, 0.29) is 25.0 Å². The number of benzene rings is 1. The van der Waals surface area contributed by atoms with E-state index in [1.165, 1.54) is 0 Å². The van der Waals surface area contributed by atoms with E-state index in [0.717, 1.165) is 12.8 Å². The highest BCUT2D eigenvalue weighted by atomic mass is 35.5. The molecule has 1 fully saturated rings. The van der Waals surface area contributed by atoms with Crippen LogP contribution in [0.25, 0.3) is 0 Å². The van der Waals surface area contributed by atoms with Crippen LogP contribution in [0.2, 0.25) is 10.0 Å². The number of amides is 1. The maximum atomic E-state index is 11.7. The third-order valence-electron chi connectivity index (χ3n) is 3.35. The Morgan fingerprint density at radius 1 is 1.50 bits per heavy atom. The van der Waals surface area contributed by atoms with E-state index < -0.39 is 5.60 Å². The van der Waals surface area contributed by atoms with Crippen LogP contribution >= 0.6 is 23.2 Å². The summed E-state index contributed by atoms with van der Waals surface area (Å²) in [5.41, 5.74) is -0.840. The maximum Gasteiger partial charge on any atom is 0.258 e. The van der Waals surface area contributed by atoms with E-state index >= 15 is 0 Å². The van der Waals surface area contributed by atoms with Crippen molar-refractivity contribution in [3.05, 3.63) is 28.2 Å². The van der Waals surface area contributed by atoms with Gasteiger partial charge in [0, 0.05) is 11.6 Å². The topological polar surface area (TPSA) is 58.6 Å². The number of nitrogens with one attached hydrogen (secondary N) is 1. The van der Waals surface area contributed by atoms with Gasteiger partial charge in [0.2, 0.25) is 0 Å². The molecule has 1 amide bonds. The molecule has 1 aromatic carbocycles. The molecule has 20 heavy (non-hydrogen) atoms. The minimum atomic E-state index is -0.840. The Kier molecular flexibility index (Phi) is 4.78. The van der Waals surface area contributed by atoms with Crippen LogP contribution in [-0.2, 0) is 4.79 Å². The molecular formula is C14H17Cl2NO3. The maximum absolute atomic E-state index is 11.7. The molecule has 1 aliphatic rings. The van der Waals surface area contributed by atoms with Crippen LogP contribution in [0.4, 0.5) is 0 Å². The van der Waals surface area contributed by atoms with Gasteiger partial charge in [-0.3, -0.25) is 4.79 Å². The van der Waals surface area contributed by atoms with E-state index in [4.69, 9.17) is 27.9 Å². The molecule has 0 spiro atoms. The highest BCUT2D eigenvalue weighted by Crippen LogP contribution is 2.39. The summed E-state index contributed by atoms with van der Waals surface area (Å²) >= 11 is 11.7. The van der Waals surface area contributed by atoms with E-state index in [9.17, 15) is 9.90 Å². The van der Waals surface area contributed by atoms with Crippen LogP contribution in [0.5, 0.6) is 5.75 Å². The zero-order valence-corrected chi connectivity index (χ0v) is 12.7. The summed E-state index contributed by atoms with van der Waals surface area (Å²) in [6, 6.07) is 4.80. The van der Waals surface area contributed by atoms with E-state index in [0.29, 0.717) is 15.8 Å². The predicted molar refractivity (Wildman–Crippen MR) is 78.3 cm³/mol. The van der Waals surface area contributed by atoms with Gasteiger partial charge in [0.25, 0.3) is 5.91 Å². The largest absolute Gasteiger partial charge is 0.482 e. The van der Waals surface area contributed by atoms with E-state index in [2.05, 4.69) is 5.32 Å². The molecule has 0 aliphatic heterocycles. The Hall–Kier alpha value is -0.970. The fraction of sp³-hybridized carbons (Fsp3) is 0.500. The summed E-state index contributed by atoms with van der Waals surface area (Å²) in [6.07, 6.45) is 2.03. The van der Waals surface area contributed by atoms with Crippen LogP contribution in [0.15, 0.2) is 18.2 Å². The molecule has 6 heteroatoms. The second kappa shape index (κ2) is 6.20. The molecule has 0 bridgehead atoms. The second-order valence-electron chi connectivity index (χ2n) is 5.27. The van der Waals surface area contributed by atoms with Crippen LogP contribution in [0, 0.1) is 5.92 Å². The number of carbonyl (C=O) groups excluding carboxylic acids is 1. The van der Waals surface area contributed by atoms with Crippen LogP contribution < -0.4 is 10.1 Å². The summed E-state index contributed by atoms with van der Waals surface area (Å²) in [6.45, 7) is 1.82. The van der Waals surface area contributed by atoms with Gasteiger partial charge < -0.3 is 15.2 Å². The van der Waals surface area contributed by atoms with Crippen molar-refractivity contribution in [1.29, 1.82) is 0 Å². The van der Waals surface area contributed by atoms with E-state index in [1.54, 1.807) is 25.1 Å². The van der Waals surface area contributed by atoms with E-state index in [1.807, 2.05) is 0 Å². The fourth-order valence-electron chi connectivity index (χ4n) is 1.91. The first-order valence-electron chi connectivity index (χ1n) is 6.45. The highest BCUT2D eigenvalue weighted by Gasteiger charge is 2.39. The molecule has 0 radical (unpaired) electrons. The van der Waals surface area contributed by atoms with Gasteiger partial charge in [-0.15, -0.1) is 0 Å². The molecule has 4 nitrogen and oxygen atoms in total. The molecule has 110 valence electrons. The monoisotopic (exact) mass is 317 g/mol. The minimum Gasteiger partial charge on any atom is -0.482 e. The first-order chi connectivity index (χ1) is 9.38. The smallest absolute Gasteiger partial charge is 0.258 e. The summed E-state index contributed by atoms with van der Waals surface area (Å²) < 4.78 is 5.31. The lowest BCUT2D eigenvalue weighted by atomic mass is 10.0. The SMILES string of the molecule is CC(O)(CNC(=O)COc1ccc(Cl)cc1Cl)C1CC1. The van der Waals surface area contributed by atoms with Crippen LogP contribution in [0.3, 0.4) is 0 Å². The van der Waals surface area contributed by atoms with Crippen molar-refractivity contribution in [2.24, 2.45) is 5.92 Å². The molecular weight excluding hydrogens is 301 g/mol. The molecule has 1 saturated carbocycles. The van der Waals surface area contributed by atoms with Gasteiger partial charge in [0.05, 0.1) is 10.6 Å². The first kappa shape index (κ1) is 15.4. The number of halogens is 2. The standard InChI is InChI=1S/C14H17Cl2NO3/c1-14(19,9-2-3-9)8-17-13(18)7-20-12-5-4-10(15)6-11(12)16/h4-6,9,19H,2-3,7-8H2,1H3,(H,17,18). The molecule has 2 rings (SSSR count). The predicted octanol–water partition coefficient (Wildman–Crippen LogP) is 2.65. The molecule has 0 heterocycles. The van der Waals surface area contributed by atoms with Gasteiger partial charge >= 0.3 is 0 Å². The Morgan fingerprint density at radius 3 is 2.80 bits per heavy atom. The number of carbonyl (C=O) groups is 1. The third-order valence-corrected chi connectivity index (χ3v) is 3.88. The van der Waals surface area contributed by atoms with Crippen LogP contribution in [0.1, 0.15) is 19.8 Å². The zero-order valence-electron chi connectivity index (χ0n) is 11.2. The van der Waals surface area contributed by atoms with Gasteiger partial charge in [-0.2, -0.15) is 0 Å². The van der Waals surface area contributed by atoms with Crippen molar-refractivity contribution in [3.63, 3.8) is 0 Å². The van der Waals surface area contributed by atoms with Crippen molar-refractivity contribution >= 4 is 29.1 Å². The van der Waals surface area contributed by atoms with Crippen LogP contribution in [-0.4, -0.2) is 29.8 Å². The zero-order chi connectivity index (χ0) is 14.8. The number of ether oxygens (including phenoxy) is 1. The first-order valence-corrected chi connectivity index (χ1v) is 7.21. The molecule has 1 aromatic rings. The van der Waals surface area contributed by atoms with Crippen molar-refractivity contribution in [2.45, 2.75) is 25.4 Å². The molecule has 1 unspecified atom stereocenters. The second-order valence-corrected chi connectivity index (χ2v) is 6.12. The highest BCUT2D eigenvalue weighted by molar-refractivity contribution is 6.35. The molecule has 0 aromatic heterocycles. The Bertz CT molecular complexity index is 501. The minimum absolute atomic E-state index is 0.151. The third kappa shape index (κ3) is 4.27. The van der Waals surface area contributed by atoms with Crippen molar-refractivity contribution in [1.82, 2.24) is 5.32 Å². The van der Waals surface area contributed by atoms with Crippen molar-refractivity contribution in [3.8, 4) is 5.75 Å². The van der Waals surface area contributed by atoms with Crippen molar-refractivity contribution < 1.29 is 14.6 Å². The normalized spacial score (nSPS) is 17.4. The number of hydrogen-bond acceptors (Lipinski definition) is 3. The number of aliphatic hydroxyl groups is 1. The molecule has 1 aliphatic carbocycles. The molecule has 1 atom stereocenters. The quantitative estimate of drug-likeness (QED) is 0.848. The lowest BCUT2D eigenvalue weighted by Gasteiger charge is -2.23. The van der Waals surface area contributed by atoms with Gasteiger partial charge in [-0.1, -0.05) is 23.2 Å². The number of hydrogen-bond donors (Lipinski definition) is 2. The van der Waals surface area contributed by atoms with Crippen molar-refractivity contribution in [2.75, 3.05) is 13.2 Å². The fourth-order valence-corrected chi connectivity index (χ4v) is 2.38. The van der Waals surface area contributed by atoms with Gasteiger partial charge in [0.1, 0.15) is 5.75 Å². The molecule has 0 saturated heterocycles. The summed E-state index contributed by atoms with van der Waals surface area (Å²) in [4.78, 5) is 11.7. The number of rotatable bonds is 6. The average molecular weight is 318 g/mol. The Labute approximate surface area is 128 Å². The van der Waals surface area contributed by atoms with Gasteiger partial charge in [-0.25, -0.2) is 0 Å². The Morgan fingerprint density at radius 2 is 2.20 bits per heavy atom. The Balaban J connectivity index is 1.77. The lowest BCUT2D eigenvalue weighted by Crippen LogP contribution is -2.43. The molecule has 2 N–H and O–H groups in total. The van der Waals surface area contributed by atoms with Gasteiger partial charge in [-0.05, 0) is 43.9 Å². The summed E-state index contributed by atoms with van der Waals surface area (Å²) in [5.74, 6) is 0.395. The lowest BCUT2D eigenvalue weighted by molar-refractivity contribution is -0.124. The van der Waals surface area contributed by atoms with Gasteiger partial charge in [0.15, 0.2) is 6.61 Å². The average Bonchev–Trinajstić information content (AvgIpc) is 3.20. The summed E-state index contributed by atoms with van der Waals surface area (Å²) in [7, 11) is 0. The summed E-state index contributed by atoms with van der Waals surface area (Å²) in [5, 5.41) is 13.6.